The molecule has 0 aliphatic carbocycles. The number of nitrogens with zero attached hydrogens (tertiary/aromatic N) is 1. The fraction of sp³-hybridized carbons (Fsp3) is 0.455. The average Bonchev–Trinajstić information content (AvgIpc) is 2.17. The Hall–Kier alpha value is -1.22. The molecule has 0 amide bonds. The molecule has 1 N–H and O–H groups in total. The molecular formula is C11H16N2O. The highest BCUT2D eigenvalue weighted by atomic mass is 16.5. The van der Waals surface area contributed by atoms with Gasteiger partial charge in [0.25, 0.3) is 0 Å². The summed E-state index contributed by atoms with van der Waals surface area (Å²) in [4.78, 5) is 2.15. The lowest BCUT2D eigenvalue weighted by Gasteiger charge is -2.20. The van der Waals surface area contributed by atoms with E-state index in [2.05, 4.69) is 42.5 Å². The van der Waals surface area contributed by atoms with Crippen LogP contribution in [-0.2, 0) is 6.54 Å². The van der Waals surface area contributed by atoms with Gasteiger partial charge in [0.2, 0.25) is 0 Å². The van der Waals surface area contributed by atoms with Crippen molar-refractivity contribution in [1.29, 1.82) is 0 Å². The summed E-state index contributed by atoms with van der Waals surface area (Å²) in [5.74, 6) is 0.982. The Bertz CT molecular complexity index is 323. The molecule has 0 aromatic heterocycles. The Morgan fingerprint density at radius 2 is 2.29 bits per heavy atom. The third kappa shape index (κ3) is 1.99. The average molecular weight is 192 g/mol. The molecular weight excluding hydrogens is 176 g/mol. The van der Waals surface area contributed by atoms with Crippen molar-refractivity contribution in [2.24, 2.45) is 0 Å². The molecule has 14 heavy (non-hydrogen) atoms. The number of ether oxygens (including phenoxy) is 1. The summed E-state index contributed by atoms with van der Waals surface area (Å²) in [6, 6.07) is 6.34. The van der Waals surface area contributed by atoms with Gasteiger partial charge in [0.15, 0.2) is 0 Å². The Labute approximate surface area is 84.7 Å². The highest BCUT2D eigenvalue weighted by Gasteiger charge is 2.09. The van der Waals surface area contributed by atoms with Crippen LogP contribution in [0, 0.1) is 0 Å². The number of hydrogen-bond acceptors (Lipinski definition) is 3. The van der Waals surface area contributed by atoms with E-state index in [-0.39, 0.29) is 0 Å². The van der Waals surface area contributed by atoms with E-state index in [1.807, 2.05) is 0 Å². The van der Waals surface area contributed by atoms with Crippen molar-refractivity contribution >= 4 is 5.69 Å². The summed E-state index contributed by atoms with van der Waals surface area (Å²) < 4.78 is 5.56. The first-order valence-electron chi connectivity index (χ1n) is 4.90. The first kappa shape index (κ1) is 9.34. The third-order valence-electron chi connectivity index (χ3n) is 2.22. The summed E-state index contributed by atoms with van der Waals surface area (Å²) in [6.07, 6.45) is 0. The number of anilines is 1. The summed E-state index contributed by atoms with van der Waals surface area (Å²) in [6.45, 7) is 2.62. The quantitative estimate of drug-likeness (QED) is 0.769. The van der Waals surface area contributed by atoms with Crippen LogP contribution in [0.4, 0.5) is 5.69 Å². The van der Waals surface area contributed by atoms with Crippen LogP contribution in [0.5, 0.6) is 5.75 Å². The first-order chi connectivity index (χ1) is 6.75. The van der Waals surface area contributed by atoms with Crippen LogP contribution in [0.3, 0.4) is 0 Å². The molecule has 0 bridgehead atoms. The predicted octanol–water partition coefficient (Wildman–Crippen LogP) is 1.55. The van der Waals surface area contributed by atoms with Crippen LogP contribution >= 0.6 is 0 Å². The number of rotatable bonds is 2. The maximum absolute atomic E-state index is 5.56. The number of fused-ring (bicyclic) bond motifs is 1. The van der Waals surface area contributed by atoms with E-state index in [4.69, 9.17) is 4.74 Å². The molecule has 2 rings (SSSR count). The van der Waals surface area contributed by atoms with Gasteiger partial charge in [-0.25, -0.2) is 0 Å². The zero-order chi connectivity index (χ0) is 9.97. The molecule has 0 spiro atoms. The van der Waals surface area contributed by atoms with Crippen molar-refractivity contribution < 1.29 is 4.74 Å². The third-order valence-corrected chi connectivity index (χ3v) is 2.22. The number of benzene rings is 1. The van der Waals surface area contributed by atoms with Gasteiger partial charge in [-0.15, -0.1) is 0 Å². The van der Waals surface area contributed by atoms with Crippen LogP contribution in [0.1, 0.15) is 5.56 Å². The lowest BCUT2D eigenvalue weighted by Crippen LogP contribution is -2.18. The Balaban J connectivity index is 2.20. The van der Waals surface area contributed by atoms with Gasteiger partial charge in [-0.3, -0.25) is 0 Å². The van der Waals surface area contributed by atoms with Crippen LogP contribution in [0.2, 0.25) is 0 Å². The van der Waals surface area contributed by atoms with Gasteiger partial charge in [-0.1, -0.05) is 6.07 Å². The van der Waals surface area contributed by atoms with Crippen molar-refractivity contribution in [2.45, 2.75) is 6.54 Å². The molecule has 1 aliphatic rings. The highest BCUT2D eigenvalue weighted by Crippen LogP contribution is 2.28. The molecule has 1 aromatic rings. The van der Waals surface area contributed by atoms with Gasteiger partial charge < -0.3 is 15.0 Å². The second kappa shape index (κ2) is 3.88. The molecule has 0 unspecified atom stereocenters. The van der Waals surface area contributed by atoms with Crippen LogP contribution in [0.25, 0.3) is 0 Å². The summed E-state index contributed by atoms with van der Waals surface area (Å²) in [5.41, 5.74) is 2.40. The van der Waals surface area contributed by atoms with E-state index in [0.717, 1.165) is 31.1 Å². The van der Waals surface area contributed by atoms with E-state index in [0.29, 0.717) is 0 Å². The minimum atomic E-state index is 0.762. The maximum atomic E-state index is 5.56. The predicted molar refractivity (Wildman–Crippen MR) is 57.8 cm³/mol. The van der Waals surface area contributed by atoms with Gasteiger partial charge >= 0.3 is 0 Å². The van der Waals surface area contributed by atoms with E-state index in [1.165, 1.54) is 5.56 Å². The normalized spacial score (nSPS) is 14.5. The van der Waals surface area contributed by atoms with E-state index in [1.54, 1.807) is 0 Å². The smallest absolute Gasteiger partial charge is 0.142 e. The minimum absolute atomic E-state index is 0.762. The van der Waals surface area contributed by atoms with Crippen molar-refractivity contribution in [3.05, 3.63) is 23.8 Å². The SMILES string of the molecule is CN(C)Cc1ccc2c(c1)OCCN2. The first-order valence-corrected chi connectivity index (χ1v) is 4.90. The topological polar surface area (TPSA) is 24.5 Å². The molecule has 76 valence electrons. The molecule has 0 radical (unpaired) electrons. The molecule has 1 aromatic carbocycles. The van der Waals surface area contributed by atoms with Crippen molar-refractivity contribution in [3.63, 3.8) is 0 Å². The van der Waals surface area contributed by atoms with E-state index < -0.39 is 0 Å². The zero-order valence-corrected chi connectivity index (χ0v) is 8.71. The van der Waals surface area contributed by atoms with Crippen molar-refractivity contribution in [3.8, 4) is 5.75 Å². The fourth-order valence-electron chi connectivity index (χ4n) is 1.64. The zero-order valence-electron chi connectivity index (χ0n) is 8.71. The summed E-state index contributed by atoms with van der Waals surface area (Å²) >= 11 is 0. The molecule has 0 atom stereocenters. The Kier molecular flexibility index (Phi) is 2.59. The number of nitrogens with one attached hydrogen (secondary N) is 1. The molecule has 3 heteroatoms. The molecule has 0 saturated carbocycles. The second-order valence-corrected chi connectivity index (χ2v) is 3.84. The van der Waals surface area contributed by atoms with Gasteiger partial charge in [0.1, 0.15) is 12.4 Å². The highest BCUT2D eigenvalue weighted by molar-refractivity contribution is 5.58. The Morgan fingerprint density at radius 1 is 1.43 bits per heavy atom. The maximum Gasteiger partial charge on any atom is 0.142 e. The van der Waals surface area contributed by atoms with Gasteiger partial charge in [-0.05, 0) is 31.8 Å². The lowest BCUT2D eigenvalue weighted by molar-refractivity contribution is 0.322. The second-order valence-electron chi connectivity index (χ2n) is 3.84. The minimum Gasteiger partial charge on any atom is -0.490 e. The standard InChI is InChI=1S/C11H16N2O/c1-13(2)8-9-3-4-10-11(7-9)14-6-5-12-10/h3-4,7,12H,5-6,8H2,1-2H3. The molecule has 0 saturated heterocycles. The molecule has 0 fully saturated rings. The van der Waals surface area contributed by atoms with Crippen LogP contribution in [-0.4, -0.2) is 32.1 Å². The van der Waals surface area contributed by atoms with Crippen LogP contribution < -0.4 is 10.1 Å². The van der Waals surface area contributed by atoms with E-state index >= 15 is 0 Å². The molecule has 1 aliphatic heterocycles. The van der Waals surface area contributed by atoms with Crippen molar-refractivity contribution in [2.75, 3.05) is 32.6 Å². The number of hydrogen-bond donors (Lipinski definition) is 1. The fourth-order valence-corrected chi connectivity index (χ4v) is 1.64. The summed E-state index contributed by atoms with van der Waals surface area (Å²) in [7, 11) is 4.14. The summed E-state index contributed by atoms with van der Waals surface area (Å²) in [5, 5.41) is 3.30. The monoisotopic (exact) mass is 192 g/mol. The van der Waals surface area contributed by atoms with Gasteiger partial charge in [0.05, 0.1) is 5.69 Å². The molecule has 3 nitrogen and oxygen atoms in total. The van der Waals surface area contributed by atoms with E-state index in [9.17, 15) is 0 Å². The van der Waals surface area contributed by atoms with Crippen molar-refractivity contribution in [1.82, 2.24) is 4.90 Å². The lowest BCUT2D eigenvalue weighted by atomic mass is 10.1. The van der Waals surface area contributed by atoms with Gasteiger partial charge in [0, 0.05) is 13.1 Å². The molecule has 1 heterocycles. The Morgan fingerprint density at radius 3 is 3.07 bits per heavy atom. The van der Waals surface area contributed by atoms with Gasteiger partial charge in [-0.2, -0.15) is 0 Å². The van der Waals surface area contributed by atoms with Crippen LogP contribution in [0.15, 0.2) is 18.2 Å². The largest absolute Gasteiger partial charge is 0.490 e.